The molecule has 3 N–H and O–H groups in total. The number of aliphatic hydroxyl groups excluding tert-OH is 1. The highest BCUT2D eigenvalue weighted by Crippen LogP contribution is 2.36. The molecule has 1 aliphatic rings. The Labute approximate surface area is 196 Å². The van der Waals surface area contributed by atoms with Crippen molar-refractivity contribution < 1.29 is 19.4 Å². The second kappa shape index (κ2) is 8.80. The number of amides is 1. The lowest BCUT2D eigenvalue weighted by molar-refractivity contribution is 0.0858. The number of aromatic hydroxyl groups is 1. The minimum absolute atomic E-state index is 0.0979. The van der Waals surface area contributed by atoms with Gasteiger partial charge in [0.25, 0.3) is 5.91 Å². The van der Waals surface area contributed by atoms with Gasteiger partial charge in [-0.1, -0.05) is 55.5 Å². The number of hydrogen-bond donors (Lipinski definition) is 3. The predicted molar refractivity (Wildman–Crippen MR) is 129 cm³/mol. The molecule has 0 radical (unpaired) electrons. The lowest BCUT2D eigenvalue weighted by atomic mass is 9.88. The second-order valence-corrected chi connectivity index (χ2v) is 8.66. The number of benzene rings is 3. The van der Waals surface area contributed by atoms with E-state index >= 15 is 0 Å². The monoisotopic (exact) mass is 455 g/mol. The first-order valence-corrected chi connectivity index (χ1v) is 11.4. The fourth-order valence-electron chi connectivity index (χ4n) is 4.93. The number of para-hydroxylation sites is 1. The lowest BCUT2D eigenvalue weighted by Gasteiger charge is -2.20. The van der Waals surface area contributed by atoms with Crippen LogP contribution < -0.4 is 10.9 Å². The Bertz CT molecular complexity index is 1440. The van der Waals surface area contributed by atoms with Crippen molar-refractivity contribution in [3.63, 3.8) is 0 Å². The molecule has 0 bridgehead atoms. The summed E-state index contributed by atoms with van der Waals surface area (Å²) in [5.74, 6) is -0.863. The van der Waals surface area contributed by atoms with Crippen molar-refractivity contribution in [2.24, 2.45) is 0 Å². The molecule has 1 aromatic heterocycles. The smallest absolute Gasteiger partial charge is 0.343 e. The van der Waals surface area contributed by atoms with Crippen LogP contribution in [0.1, 0.15) is 57.9 Å². The van der Waals surface area contributed by atoms with Gasteiger partial charge in [0.15, 0.2) is 0 Å². The van der Waals surface area contributed by atoms with E-state index in [9.17, 15) is 19.8 Å². The van der Waals surface area contributed by atoms with Crippen LogP contribution in [0.25, 0.3) is 11.0 Å². The molecule has 3 aromatic carbocycles. The molecule has 0 saturated carbocycles. The van der Waals surface area contributed by atoms with E-state index in [0.717, 1.165) is 16.7 Å². The Balaban J connectivity index is 1.48. The number of carbonyl (C=O) groups is 1. The quantitative estimate of drug-likeness (QED) is 0.387. The molecule has 0 spiro atoms. The molecule has 3 atom stereocenters. The lowest BCUT2D eigenvalue weighted by Crippen LogP contribution is -2.33. The zero-order valence-corrected chi connectivity index (χ0v) is 18.7. The Kier molecular flexibility index (Phi) is 5.67. The molecule has 1 heterocycles. The van der Waals surface area contributed by atoms with E-state index < -0.39 is 23.7 Å². The van der Waals surface area contributed by atoms with E-state index in [2.05, 4.69) is 5.32 Å². The Morgan fingerprint density at radius 2 is 1.85 bits per heavy atom. The van der Waals surface area contributed by atoms with Crippen molar-refractivity contribution in [1.29, 1.82) is 0 Å². The summed E-state index contributed by atoms with van der Waals surface area (Å²) in [6, 6.07) is 21.1. The summed E-state index contributed by atoms with van der Waals surface area (Å²) < 4.78 is 5.47. The highest BCUT2D eigenvalue weighted by atomic mass is 16.4. The SMILES string of the molecule is CCC(c1cccc(C(=O)N[C@H]2c3ccccc3C[C@H]2O)c1)c1c(O)c2ccccc2oc1=O. The Hall–Kier alpha value is -3.90. The van der Waals surface area contributed by atoms with E-state index in [4.69, 9.17) is 4.42 Å². The van der Waals surface area contributed by atoms with Gasteiger partial charge in [0.05, 0.1) is 23.1 Å². The van der Waals surface area contributed by atoms with Gasteiger partial charge in [-0.25, -0.2) is 4.79 Å². The largest absolute Gasteiger partial charge is 0.507 e. The molecule has 5 rings (SSSR count). The number of rotatable bonds is 5. The van der Waals surface area contributed by atoms with Crippen molar-refractivity contribution in [2.75, 3.05) is 0 Å². The van der Waals surface area contributed by atoms with E-state index in [-0.39, 0.29) is 17.2 Å². The van der Waals surface area contributed by atoms with Gasteiger partial charge in [0.1, 0.15) is 11.3 Å². The van der Waals surface area contributed by atoms with Crippen LogP contribution >= 0.6 is 0 Å². The van der Waals surface area contributed by atoms with Crippen LogP contribution in [0.2, 0.25) is 0 Å². The number of hydrogen-bond acceptors (Lipinski definition) is 5. The average Bonchev–Trinajstić information content (AvgIpc) is 3.16. The van der Waals surface area contributed by atoms with Crippen LogP contribution in [0.5, 0.6) is 5.75 Å². The van der Waals surface area contributed by atoms with Crippen molar-refractivity contribution in [3.05, 3.63) is 111 Å². The van der Waals surface area contributed by atoms with Gasteiger partial charge in [-0.05, 0) is 47.4 Å². The Morgan fingerprint density at radius 3 is 2.68 bits per heavy atom. The van der Waals surface area contributed by atoms with Gasteiger partial charge in [-0.2, -0.15) is 0 Å². The van der Waals surface area contributed by atoms with E-state index in [1.54, 1.807) is 42.5 Å². The molecular weight excluding hydrogens is 430 g/mol. The van der Waals surface area contributed by atoms with Crippen LogP contribution in [0.15, 0.2) is 82.0 Å². The van der Waals surface area contributed by atoms with Crippen LogP contribution in [0, 0.1) is 0 Å². The first-order valence-electron chi connectivity index (χ1n) is 11.4. The predicted octanol–water partition coefficient (Wildman–Crippen LogP) is 4.43. The third-order valence-electron chi connectivity index (χ3n) is 6.62. The molecule has 0 aliphatic heterocycles. The molecule has 1 amide bonds. The van der Waals surface area contributed by atoms with E-state index in [1.165, 1.54) is 0 Å². The van der Waals surface area contributed by atoms with E-state index in [0.29, 0.717) is 29.4 Å². The topological polar surface area (TPSA) is 99.8 Å². The molecule has 34 heavy (non-hydrogen) atoms. The third-order valence-corrected chi connectivity index (χ3v) is 6.62. The molecule has 6 nitrogen and oxygen atoms in total. The fourth-order valence-corrected chi connectivity index (χ4v) is 4.93. The summed E-state index contributed by atoms with van der Waals surface area (Å²) in [7, 11) is 0. The summed E-state index contributed by atoms with van der Waals surface area (Å²) in [5, 5.41) is 24.8. The normalized spacial score (nSPS) is 17.9. The zero-order chi connectivity index (χ0) is 23.8. The van der Waals surface area contributed by atoms with E-state index in [1.807, 2.05) is 37.3 Å². The van der Waals surface area contributed by atoms with Gasteiger partial charge in [0.2, 0.25) is 0 Å². The van der Waals surface area contributed by atoms with Crippen LogP contribution in [-0.2, 0) is 6.42 Å². The highest BCUT2D eigenvalue weighted by Gasteiger charge is 2.32. The minimum atomic E-state index is -0.688. The molecule has 172 valence electrons. The highest BCUT2D eigenvalue weighted by molar-refractivity contribution is 5.95. The summed E-state index contributed by atoms with van der Waals surface area (Å²) in [6.07, 6.45) is 0.333. The molecule has 0 fully saturated rings. The molecular formula is C28H25NO5. The molecule has 0 saturated heterocycles. The van der Waals surface area contributed by atoms with Crippen molar-refractivity contribution in [3.8, 4) is 5.75 Å². The van der Waals surface area contributed by atoms with Gasteiger partial charge in [0, 0.05) is 17.9 Å². The maximum Gasteiger partial charge on any atom is 0.343 e. The summed E-state index contributed by atoms with van der Waals surface area (Å²) in [6.45, 7) is 1.91. The van der Waals surface area contributed by atoms with Crippen molar-refractivity contribution >= 4 is 16.9 Å². The number of nitrogens with one attached hydrogen (secondary N) is 1. The molecule has 6 heteroatoms. The van der Waals surface area contributed by atoms with Gasteiger partial charge in [-0.15, -0.1) is 0 Å². The third kappa shape index (κ3) is 3.76. The summed E-state index contributed by atoms with van der Waals surface area (Å²) in [4.78, 5) is 25.9. The maximum atomic E-state index is 13.1. The van der Waals surface area contributed by atoms with Gasteiger partial charge < -0.3 is 19.9 Å². The minimum Gasteiger partial charge on any atom is -0.507 e. The van der Waals surface area contributed by atoms with Gasteiger partial charge >= 0.3 is 5.63 Å². The Morgan fingerprint density at radius 1 is 1.09 bits per heavy atom. The number of aliphatic hydroxyl groups is 1. The average molecular weight is 456 g/mol. The summed E-state index contributed by atoms with van der Waals surface area (Å²) in [5.41, 5.74) is 3.00. The zero-order valence-electron chi connectivity index (χ0n) is 18.7. The van der Waals surface area contributed by atoms with Crippen molar-refractivity contribution in [1.82, 2.24) is 5.32 Å². The molecule has 1 unspecified atom stereocenters. The second-order valence-electron chi connectivity index (χ2n) is 8.66. The summed E-state index contributed by atoms with van der Waals surface area (Å²) >= 11 is 0. The molecule has 4 aromatic rings. The standard InChI is InChI=1S/C28H25NO5/c1-2-19(24-26(31)21-12-5-6-13-23(21)34-28(24)33)16-9-7-10-18(14-16)27(32)29-25-20-11-4-3-8-17(20)15-22(25)30/h3-14,19,22,25,30-31H,2,15H2,1H3,(H,29,32)/t19?,22-,25+/m1/s1. The first-order chi connectivity index (χ1) is 16.5. The van der Waals surface area contributed by atoms with Crippen molar-refractivity contribution in [2.45, 2.75) is 37.8 Å². The maximum absolute atomic E-state index is 13.1. The number of carbonyl (C=O) groups excluding carboxylic acids is 1. The van der Waals surface area contributed by atoms with Crippen LogP contribution in [-0.4, -0.2) is 22.2 Å². The number of fused-ring (bicyclic) bond motifs is 2. The van der Waals surface area contributed by atoms with Crippen LogP contribution in [0.3, 0.4) is 0 Å². The van der Waals surface area contributed by atoms with Gasteiger partial charge in [-0.3, -0.25) is 4.79 Å². The van der Waals surface area contributed by atoms with Crippen LogP contribution in [0.4, 0.5) is 0 Å². The molecule has 1 aliphatic carbocycles. The fraction of sp³-hybridized carbons (Fsp3) is 0.214. The first kappa shape index (κ1) is 21.9.